The highest BCUT2D eigenvalue weighted by Crippen LogP contribution is 2.26. The molecule has 0 saturated carbocycles. The second-order valence-corrected chi connectivity index (χ2v) is 4.22. The number of aryl methyl sites for hydroxylation is 2. The van der Waals surface area contributed by atoms with Gasteiger partial charge in [-0.25, -0.2) is 0 Å². The van der Waals surface area contributed by atoms with Crippen LogP contribution in [0.4, 0.5) is 0 Å². The number of carbonyl (C=O) groups excluding carboxylic acids is 1. The molecule has 0 radical (unpaired) electrons. The Kier molecular flexibility index (Phi) is 3.41. The van der Waals surface area contributed by atoms with Gasteiger partial charge in [-0.3, -0.25) is 14.5 Å². The smallest absolute Gasteiger partial charge is 0.219 e. The third-order valence-electron chi connectivity index (χ3n) is 2.92. The summed E-state index contributed by atoms with van der Waals surface area (Å²) in [7, 11) is 0. The van der Waals surface area contributed by atoms with Crippen LogP contribution >= 0.6 is 0 Å². The lowest BCUT2D eigenvalue weighted by Crippen LogP contribution is -2.15. The number of nitrogens with zero attached hydrogens (tertiary/aromatic N) is 3. The van der Waals surface area contributed by atoms with E-state index in [2.05, 4.69) is 10.1 Å². The zero-order valence-electron chi connectivity index (χ0n) is 10.6. The van der Waals surface area contributed by atoms with Gasteiger partial charge in [-0.15, -0.1) is 0 Å². The van der Waals surface area contributed by atoms with Crippen LogP contribution in [-0.2, 0) is 11.3 Å². The first-order valence-corrected chi connectivity index (χ1v) is 5.82. The molecule has 0 bridgehead atoms. The van der Waals surface area contributed by atoms with Crippen molar-refractivity contribution in [3.8, 4) is 11.1 Å². The van der Waals surface area contributed by atoms with Crippen LogP contribution in [0.5, 0.6) is 0 Å². The standard InChI is InChI=1S/C13H16N4O/c1-9-13(11-3-6-15-7-4-11)10(2)17(16-9)8-5-12(14)18/h3-4,6-7H,5,8H2,1-2H3,(H2,14,18). The minimum absolute atomic E-state index is 0.303. The number of nitrogens with two attached hydrogens (primary N) is 1. The number of rotatable bonds is 4. The van der Waals surface area contributed by atoms with E-state index < -0.39 is 0 Å². The maximum absolute atomic E-state index is 10.8. The summed E-state index contributed by atoms with van der Waals surface area (Å²) in [6.45, 7) is 4.48. The molecular weight excluding hydrogens is 228 g/mol. The van der Waals surface area contributed by atoms with Crippen LogP contribution in [0.25, 0.3) is 11.1 Å². The van der Waals surface area contributed by atoms with Gasteiger partial charge in [0.15, 0.2) is 0 Å². The van der Waals surface area contributed by atoms with Crippen molar-refractivity contribution >= 4 is 5.91 Å². The van der Waals surface area contributed by atoms with Crippen molar-refractivity contribution in [2.45, 2.75) is 26.8 Å². The van der Waals surface area contributed by atoms with Crippen molar-refractivity contribution in [1.29, 1.82) is 0 Å². The molecule has 2 N–H and O–H groups in total. The van der Waals surface area contributed by atoms with Crippen LogP contribution in [0.2, 0.25) is 0 Å². The minimum atomic E-state index is -0.312. The van der Waals surface area contributed by atoms with Gasteiger partial charge in [0.1, 0.15) is 0 Å². The van der Waals surface area contributed by atoms with Crippen molar-refractivity contribution in [2.24, 2.45) is 5.73 Å². The molecule has 2 heterocycles. The molecule has 2 rings (SSSR count). The van der Waals surface area contributed by atoms with E-state index >= 15 is 0 Å². The third kappa shape index (κ3) is 2.40. The Bertz CT molecular complexity index is 560. The maximum Gasteiger partial charge on any atom is 0.219 e. The van der Waals surface area contributed by atoms with E-state index in [1.165, 1.54) is 0 Å². The molecule has 0 atom stereocenters. The molecule has 2 aromatic heterocycles. The van der Waals surface area contributed by atoms with Gasteiger partial charge in [-0.1, -0.05) is 0 Å². The Morgan fingerprint density at radius 1 is 1.33 bits per heavy atom. The number of pyridine rings is 1. The van der Waals surface area contributed by atoms with Crippen LogP contribution in [0.15, 0.2) is 24.5 Å². The zero-order valence-corrected chi connectivity index (χ0v) is 10.6. The van der Waals surface area contributed by atoms with Crippen molar-refractivity contribution in [3.05, 3.63) is 35.9 Å². The Morgan fingerprint density at radius 3 is 2.61 bits per heavy atom. The molecule has 0 fully saturated rings. The summed E-state index contributed by atoms with van der Waals surface area (Å²) in [6.07, 6.45) is 3.82. The first-order valence-electron chi connectivity index (χ1n) is 5.82. The second kappa shape index (κ2) is 5.00. The largest absolute Gasteiger partial charge is 0.370 e. The Hall–Kier alpha value is -2.17. The molecule has 0 aliphatic carbocycles. The fraction of sp³-hybridized carbons (Fsp3) is 0.308. The van der Waals surface area contributed by atoms with Gasteiger partial charge in [0, 0.05) is 36.6 Å². The molecule has 0 saturated heterocycles. The van der Waals surface area contributed by atoms with Crippen LogP contribution in [0.3, 0.4) is 0 Å². The van der Waals surface area contributed by atoms with Gasteiger partial charge in [0.05, 0.1) is 5.69 Å². The highest BCUT2D eigenvalue weighted by Gasteiger charge is 2.13. The van der Waals surface area contributed by atoms with Gasteiger partial charge >= 0.3 is 0 Å². The molecule has 5 nitrogen and oxygen atoms in total. The first-order chi connectivity index (χ1) is 8.59. The van der Waals surface area contributed by atoms with Crippen LogP contribution < -0.4 is 5.73 Å². The van der Waals surface area contributed by atoms with Crippen LogP contribution in [0, 0.1) is 13.8 Å². The molecule has 1 amide bonds. The number of aromatic nitrogens is 3. The summed E-state index contributed by atoms with van der Waals surface area (Å²) in [6, 6.07) is 3.91. The van der Waals surface area contributed by atoms with Gasteiger partial charge in [-0.05, 0) is 31.5 Å². The molecule has 0 aromatic carbocycles. The highest BCUT2D eigenvalue weighted by molar-refractivity contribution is 5.73. The second-order valence-electron chi connectivity index (χ2n) is 4.22. The summed E-state index contributed by atoms with van der Waals surface area (Å²) in [4.78, 5) is 14.8. The minimum Gasteiger partial charge on any atom is -0.370 e. The summed E-state index contributed by atoms with van der Waals surface area (Å²) >= 11 is 0. The Labute approximate surface area is 106 Å². The van der Waals surface area contributed by atoms with E-state index in [0.717, 1.165) is 22.5 Å². The normalized spacial score (nSPS) is 10.6. The monoisotopic (exact) mass is 244 g/mol. The van der Waals surface area contributed by atoms with Gasteiger partial charge in [0.2, 0.25) is 5.91 Å². The number of hydrogen-bond acceptors (Lipinski definition) is 3. The van der Waals surface area contributed by atoms with E-state index in [-0.39, 0.29) is 5.91 Å². The molecule has 5 heteroatoms. The number of primary amides is 1. The third-order valence-corrected chi connectivity index (χ3v) is 2.92. The predicted molar refractivity (Wildman–Crippen MR) is 68.7 cm³/mol. The fourth-order valence-electron chi connectivity index (χ4n) is 2.07. The van der Waals surface area contributed by atoms with E-state index in [1.807, 2.05) is 30.7 Å². The molecule has 94 valence electrons. The summed E-state index contributed by atoms with van der Waals surface area (Å²) in [5.74, 6) is -0.312. The predicted octanol–water partition coefficient (Wildman–Crippen LogP) is 1.44. The van der Waals surface area contributed by atoms with Crippen molar-refractivity contribution in [3.63, 3.8) is 0 Å². The van der Waals surface area contributed by atoms with Crippen LogP contribution in [-0.4, -0.2) is 20.7 Å². The number of amides is 1. The Balaban J connectivity index is 2.35. The molecule has 0 aliphatic rings. The fourth-order valence-corrected chi connectivity index (χ4v) is 2.07. The van der Waals surface area contributed by atoms with Crippen molar-refractivity contribution < 1.29 is 4.79 Å². The zero-order chi connectivity index (χ0) is 13.1. The Morgan fingerprint density at radius 2 is 2.00 bits per heavy atom. The van der Waals surface area contributed by atoms with E-state index in [9.17, 15) is 4.79 Å². The van der Waals surface area contributed by atoms with Crippen molar-refractivity contribution in [1.82, 2.24) is 14.8 Å². The topological polar surface area (TPSA) is 73.8 Å². The molecular formula is C13H16N4O. The number of hydrogen-bond donors (Lipinski definition) is 1. The quantitative estimate of drug-likeness (QED) is 0.884. The summed E-state index contributed by atoms with van der Waals surface area (Å²) in [5, 5.41) is 4.45. The lowest BCUT2D eigenvalue weighted by molar-refractivity contribution is -0.118. The van der Waals surface area contributed by atoms with Gasteiger partial charge in [0.25, 0.3) is 0 Å². The SMILES string of the molecule is Cc1nn(CCC(N)=O)c(C)c1-c1ccncc1. The maximum atomic E-state index is 10.8. The van der Waals surface area contributed by atoms with Gasteiger partial charge < -0.3 is 5.73 Å². The molecule has 2 aromatic rings. The van der Waals surface area contributed by atoms with E-state index in [1.54, 1.807) is 12.4 Å². The first kappa shape index (κ1) is 12.3. The number of carbonyl (C=O) groups is 1. The molecule has 0 spiro atoms. The average molecular weight is 244 g/mol. The lowest BCUT2D eigenvalue weighted by Gasteiger charge is -2.04. The lowest BCUT2D eigenvalue weighted by atomic mass is 10.1. The summed E-state index contributed by atoms with van der Waals surface area (Å²) < 4.78 is 1.83. The van der Waals surface area contributed by atoms with Gasteiger partial charge in [-0.2, -0.15) is 5.10 Å². The van der Waals surface area contributed by atoms with E-state index in [0.29, 0.717) is 13.0 Å². The summed E-state index contributed by atoms with van der Waals surface area (Å²) in [5.41, 5.74) is 9.33. The highest BCUT2D eigenvalue weighted by atomic mass is 16.1. The molecule has 0 aliphatic heterocycles. The van der Waals surface area contributed by atoms with E-state index in [4.69, 9.17) is 5.73 Å². The van der Waals surface area contributed by atoms with Crippen molar-refractivity contribution in [2.75, 3.05) is 0 Å². The molecule has 0 unspecified atom stereocenters. The van der Waals surface area contributed by atoms with Crippen LogP contribution in [0.1, 0.15) is 17.8 Å². The molecule has 18 heavy (non-hydrogen) atoms. The average Bonchev–Trinajstić information content (AvgIpc) is 2.63.